The van der Waals surface area contributed by atoms with E-state index in [0.717, 1.165) is 0 Å². The highest BCUT2D eigenvalue weighted by atomic mass is 16.3. The smallest absolute Gasteiger partial charge is 0.262 e. The van der Waals surface area contributed by atoms with Gasteiger partial charge in [0, 0.05) is 0 Å². The zero-order valence-electron chi connectivity index (χ0n) is 7.22. The summed E-state index contributed by atoms with van der Waals surface area (Å²) in [6, 6.07) is 0. The summed E-state index contributed by atoms with van der Waals surface area (Å²) in [6.07, 6.45) is -0.587. The van der Waals surface area contributed by atoms with E-state index in [9.17, 15) is 4.79 Å². The summed E-state index contributed by atoms with van der Waals surface area (Å²) in [5.41, 5.74) is 1.83. The number of hydrazine groups is 1. The van der Waals surface area contributed by atoms with Crippen molar-refractivity contribution in [1.29, 1.82) is 0 Å². The predicted molar refractivity (Wildman–Crippen MR) is 42.4 cm³/mol. The van der Waals surface area contributed by atoms with Crippen molar-refractivity contribution in [3.05, 3.63) is 0 Å². The third kappa shape index (κ3) is 4.75. The molecule has 11 heavy (non-hydrogen) atoms. The first kappa shape index (κ1) is 10.4. The summed E-state index contributed by atoms with van der Waals surface area (Å²) in [5.74, 6) is 4.30. The Bertz CT molecular complexity index is 140. The highest BCUT2D eigenvalue weighted by Crippen LogP contribution is 2.20. The number of aliphatic hydroxyl groups is 1. The van der Waals surface area contributed by atoms with Gasteiger partial charge in [-0.15, -0.1) is 0 Å². The van der Waals surface area contributed by atoms with E-state index in [-0.39, 0.29) is 5.41 Å². The molecule has 0 aliphatic heterocycles. The molecule has 0 aromatic rings. The van der Waals surface area contributed by atoms with E-state index < -0.39 is 12.0 Å². The largest absolute Gasteiger partial charge is 0.383 e. The van der Waals surface area contributed by atoms with Crippen LogP contribution in [0.5, 0.6) is 0 Å². The Morgan fingerprint density at radius 3 is 2.36 bits per heavy atom. The van der Waals surface area contributed by atoms with Gasteiger partial charge in [0.1, 0.15) is 6.10 Å². The third-order valence-corrected chi connectivity index (χ3v) is 1.25. The lowest BCUT2D eigenvalue weighted by Crippen LogP contribution is -2.40. The Labute approximate surface area is 66.7 Å². The second-order valence-electron chi connectivity index (χ2n) is 3.79. The maximum absolute atomic E-state index is 10.7. The van der Waals surface area contributed by atoms with Gasteiger partial charge in [-0.05, 0) is 11.8 Å². The summed E-state index contributed by atoms with van der Waals surface area (Å²) in [4.78, 5) is 10.7. The summed E-state index contributed by atoms with van der Waals surface area (Å²) >= 11 is 0. The maximum Gasteiger partial charge on any atom is 0.262 e. The molecule has 0 aromatic carbocycles. The van der Waals surface area contributed by atoms with Gasteiger partial charge in [-0.1, -0.05) is 20.8 Å². The van der Waals surface area contributed by atoms with Crippen molar-refractivity contribution in [2.45, 2.75) is 33.3 Å². The minimum Gasteiger partial charge on any atom is -0.383 e. The maximum atomic E-state index is 10.7. The molecule has 4 nitrogen and oxygen atoms in total. The Hall–Kier alpha value is -0.610. The van der Waals surface area contributed by atoms with Crippen LogP contribution in [0.15, 0.2) is 0 Å². The van der Waals surface area contributed by atoms with Crippen LogP contribution in [-0.4, -0.2) is 17.1 Å². The van der Waals surface area contributed by atoms with Crippen molar-refractivity contribution < 1.29 is 9.90 Å². The summed E-state index contributed by atoms with van der Waals surface area (Å²) in [5, 5.41) is 9.16. The highest BCUT2D eigenvalue weighted by molar-refractivity contribution is 5.79. The number of nitrogens with one attached hydrogen (secondary N) is 1. The molecule has 0 aliphatic carbocycles. The van der Waals surface area contributed by atoms with Crippen molar-refractivity contribution in [3.63, 3.8) is 0 Å². The van der Waals surface area contributed by atoms with Gasteiger partial charge in [-0.2, -0.15) is 0 Å². The number of rotatable bonds is 2. The number of aliphatic hydroxyl groups excluding tert-OH is 1. The quantitative estimate of drug-likeness (QED) is 0.297. The first-order valence-corrected chi connectivity index (χ1v) is 3.55. The van der Waals surface area contributed by atoms with Crippen molar-refractivity contribution in [2.24, 2.45) is 11.3 Å². The molecule has 0 saturated carbocycles. The zero-order valence-corrected chi connectivity index (χ0v) is 7.22. The van der Waals surface area contributed by atoms with Gasteiger partial charge in [-0.3, -0.25) is 10.2 Å². The Morgan fingerprint density at radius 2 is 2.09 bits per heavy atom. The van der Waals surface area contributed by atoms with Crippen LogP contribution in [-0.2, 0) is 4.79 Å². The topological polar surface area (TPSA) is 75.3 Å². The predicted octanol–water partition coefficient (Wildman–Crippen LogP) is -0.227. The molecule has 0 bridgehead atoms. The van der Waals surface area contributed by atoms with Crippen LogP contribution in [0.3, 0.4) is 0 Å². The minimum absolute atomic E-state index is 0.0636. The lowest BCUT2D eigenvalue weighted by atomic mass is 9.89. The molecular formula is C7H16N2O2. The SMILES string of the molecule is CC(C)(C)CC(O)C(=O)NN. The summed E-state index contributed by atoms with van der Waals surface area (Å²) < 4.78 is 0. The van der Waals surface area contributed by atoms with Crippen LogP contribution in [0.25, 0.3) is 0 Å². The van der Waals surface area contributed by atoms with Gasteiger partial charge in [0.2, 0.25) is 0 Å². The minimum atomic E-state index is -1.00. The van der Waals surface area contributed by atoms with Crippen LogP contribution in [0.4, 0.5) is 0 Å². The van der Waals surface area contributed by atoms with E-state index >= 15 is 0 Å². The van der Waals surface area contributed by atoms with E-state index in [1.54, 1.807) is 0 Å². The lowest BCUT2D eigenvalue weighted by Gasteiger charge is -2.20. The van der Waals surface area contributed by atoms with Crippen LogP contribution in [0.2, 0.25) is 0 Å². The van der Waals surface area contributed by atoms with Gasteiger partial charge >= 0.3 is 0 Å². The van der Waals surface area contributed by atoms with Gasteiger partial charge in [0.15, 0.2) is 0 Å². The zero-order chi connectivity index (χ0) is 9.07. The number of carbonyl (C=O) groups is 1. The molecule has 4 N–H and O–H groups in total. The molecule has 0 aliphatic rings. The van der Waals surface area contributed by atoms with Crippen molar-refractivity contribution in [1.82, 2.24) is 5.43 Å². The van der Waals surface area contributed by atoms with Gasteiger partial charge in [0.25, 0.3) is 5.91 Å². The molecule has 1 unspecified atom stereocenters. The fraction of sp³-hybridized carbons (Fsp3) is 0.857. The second kappa shape index (κ2) is 3.69. The van der Waals surface area contributed by atoms with E-state index in [2.05, 4.69) is 0 Å². The van der Waals surface area contributed by atoms with Crippen LogP contribution >= 0.6 is 0 Å². The lowest BCUT2D eigenvalue weighted by molar-refractivity contribution is -0.130. The van der Waals surface area contributed by atoms with Gasteiger partial charge < -0.3 is 5.11 Å². The van der Waals surface area contributed by atoms with Crippen molar-refractivity contribution in [2.75, 3.05) is 0 Å². The molecular weight excluding hydrogens is 144 g/mol. The molecule has 0 spiro atoms. The van der Waals surface area contributed by atoms with Crippen molar-refractivity contribution in [3.8, 4) is 0 Å². The highest BCUT2D eigenvalue weighted by Gasteiger charge is 2.21. The Kier molecular flexibility index (Phi) is 3.48. The summed E-state index contributed by atoms with van der Waals surface area (Å²) in [6.45, 7) is 5.83. The van der Waals surface area contributed by atoms with Gasteiger partial charge in [0.05, 0.1) is 0 Å². The van der Waals surface area contributed by atoms with Crippen LogP contribution in [0, 0.1) is 5.41 Å². The number of nitrogens with two attached hydrogens (primary N) is 1. The van der Waals surface area contributed by atoms with E-state index in [1.165, 1.54) is 0 Å². The second-order valence-corrected chi connectivity index (χ2v) is 3.79. The Balaban J connectivity index is 3.87. The molecule has 0 aromatic heterocycles. The fourth-order valence-corrected chi connectivity index (χ4v) is 0.769. The van der Waals surface area contributed by atoms with Crippen LogP contribution in [0.1, 0.15) is 27.2 Å². The number of carbonyl (C=O) groups excluding carboxylic acids is 1. The standard InChI is InChI=1S/C7H16N2O2/c1-7(2,3)4-5(10)6(11)9-8/h5,10H,4,8H2,1-3H3,(H,9,11). The first-order valence-electron chi connectivity index (χ1n) is 3.55. The Morgan fingerprint density at radius 1 is 1.64 bits per heavy atom. The molecule has 0 saturated heterocycles. The number of amides is 1. The first-order chi connectivity index (χ1) is 4.87. The van der Waals surface area contributed by atoms with Gasteiger partial charge in [-0.25, -0.2) is 5.84 Å². The normalized spacial score (nSPS) is 14.3. The number of hydrogen-bond donors (Lipinski definition) is 3. The monoisotopic (exact) mass is 160 g/mol. The van der Waals surface area contributed by atoms with E-state index in [1.807, 2.05) is 26.2 Å². The van der Waals surface area contributed by atoms with Crippen LogP contribution < -0.4 is 11.3 Å². The molecule has 1 amide bonds. The molecule has 4 heteroatoms. The molecule has 0 rings (SSSR count). The van der Waals surface area contributed by atoms with E-state index in [4.69, 9.17) is 10.9 Å². The molecule has 66 valence electrons. The average Bonchev–Trinajstić information content (AvgIpc) is 1.82. The number of hydrogen-bond acceptors (Lipinski definition) is 3. The molecule has 1 atom stereocenters. The third-order valence-electron chi connectivity index (χ3n) is 1.25. The van der Waals surface area contributed by atoms with Crippen molar-refractivity contribution >= 4 is 5.91 Å². The van der Waals surface area contributed by atoms with E-state index in [0.29, 0.717) is 6.42 Å². The molecule has 0 heterocycles. The summed E-state index contributed by atoms with van der Waals surface area (Å²) in [7, 11) is 0. The fourth-order valence-electron chi connectivity index (χ4n) is 0.769. The average molecular weight is 160 g/mol. The molecule has 0 radical (unpaired) electrons. The molecule has 0 fully saturated rings.